The number of rotatable bonds is 33. The Hall–Kier alpha value is -6.78. The number of aliphatic hydroxyl groups is 2. The smallest absolute Gasteiger partial charge is 0.328 e. The van der Waals surface area contributed by atoms with Gasteiger partial charge in [0, 0.05) is 37.7 Å². The third kappa shape index (κ3) is 21.1. The van der Waals surface area contributed by atoms with Crippen molar-refractivity contribution in [3.63, 3.8) is 0 Å². The zero-order chi connectivity index (χ0) is 55.1. The molecule has 1 fully saturated rings. The average molecular weight is 1040 g/mol. The highest BCUT2D eigenvalue weighted by atomic mass is 16.4. The summed E-state index contributed by atoms with van der Waals surface area (Å²) in [5.74, 6) is -12.4. The zero-order valence-electron chi connectivity index (χ0n) is 41.8. The van der Waals surface area contributed by atoms with E-state index in [2.05, 4.69) is 47.2 Å². The molecule has 1 aliphatic rings. The van der Waals surface area contributed by atoms with E-state index in [9.17, 15) is 78.3 Å². The number of nitrogens with zero attached hydrogens (tertiary/aromatic N) is 2. The van der Waals surface area contributed by atoms with Crippen LogP contribution in [0.25, 0.3) is 0 Å². The molecule has 0 saturated carbocycles. The number of imidazole rings is 1. The van der Waals surface area contributed by atoms with E-state index in [4.69, 9.17) is 11.5 Å². The maximum Gasteiger partial charge on any atom is 0.328 e. The summed E-state index contributed by atoms with van der Waals surface area (Å²) in [4.78, 5) is 152. The van der Waals surface area contributed by atoms with E-state index >= 15 is 0 Å². The van der Waals surface area contributed by atoms with Crippen molar-refractivity contribution < 1.29 is 78.3 Å². The molecule has 73 heavy (non-hydrogen) atoms. The molecule has 0 aromatic carbocycles. The van der Waals surface area contributed by atoms with Crippen LogP contribution >= 0.6 is 0 Å². The number of aliphatic carboxylic acids is 3. The molecule has 0 radical (unpaired) electrons. The summed E-state index contributed by atoms with van der Waals surface area (Å²) in [6, 6.07) is -13.2. The Bertz CT molecular complexity index is 2050. The normalized spacial score (nSPS) is 17.1. The fourth-order valence-corrected chi connectivity index (χ4v) is 7.60. The van der Waals surface area contributed by atoms with Crippen LogP contribution < -0.4 is 48.7 Å². The zero-order valence-corrected chi connectivity index (χ0v) is 41.8. The third-order valence-corrected chi connectivity index (χ3v) is 11.8. The van der Waals surface area contributed by atoms with Gasteiger partial charge in [0.25, 0.3) is 0 Å². The minimum Gasteiger partial charge on any atom is -0.481 e. The summed E-state index contributed by atoms with van der Waals surface area (Å²) in [6.07, 6.45) is -0.619. The van der Waals surface area contributed by atoms with Gasteiger partial charge in [0.1, 0.15) is 48.3 Å². The molecular formula is C45H74N12O16. The van der Waals surface area contributed by atoms with Gasteiger partial charge >= 0.3 is 17.9 Å². The van der Waals surface area contributed by atoms with E-state index in [1.807, 2.05) is 0 Å². The first-order valence-corrected chi connectivity index (χ1v) is 24.1. The molecule has 0 aliphatic carbocycles. The fourth-order valence-electron chi connectivity index (χ4n) is 7.60. The van der Waals surface area contributed by atoms with Gasteiger partial charge in [0.05, 0.1) is 25.1 Å². The molecule has 10 unspecified atom stereocenters. The summed E-state index contributed by atoms with van der Waals surface area (Å²) in [6.45, 7) is 7.30. The topological polar surface area (TPSA) is 457 Å². The number of carbonyl (C=O) groups is 11. The molecule has 0 bridgehead atoms. The van der Waals surface area contributed by atoms with Crippen molar-refractivity contribution in [2.45, 2.75) is 166 Å². The van der Waals surface area contributed by atoms with Gasteiger partial charge in [-0.2, -0.15) is 0 Å². The largest absolute Gasteiger partial charge is 0.481 e. The number of aliphatic hydroxyl groups excluding tert-OH is 2. The number of unbranched alkanes of at least 4 members (excludes halogenated alkanes) is 1. The van der Waals surface area contributed by atoms with E-state index < -0.39 is 158 Å². The molecule has 2 heterocycles. The molecule has 410 valence electrons. The van der Waals surface area contributed by atoms with Crippen LogP contribution in [0.1, 0.15) is 105 Å². The molecular weight excluding hydrogens is 965 g/mol. The molecule has 1 aromatic heterocycles. The van der Waals surface area contributed by atoms with Crippen molar-refractivity contribution in [1.29, 1.82) is 0 Å². The van der Waals surface area contributed by atoms with Gasteiger partial charge in [-0.1, -0.05) is 27.7 Å². The van der Waals surface area contributed by atoms with E-state index in [0.29, 0.717) is 12.1 Å². The quantitative estimate of drug-likeness (QED) is 0.0296. The number of amides is 8. The van der Waals surface area contributed by atoms with E-state index in [-0.39, 0.29) is 63.5 Å². The van der Waals surface area contributed by atoms with Gasteiger partial charge in [0.2, 0.25) is 47.3 Å². The van der Waals surface area contributed by atoms with Crippen LogP contribution in [0.3, 0.4) is 0 Å². The van der Waals surface area contributed by atoms with E-state index in [1.54, 1.807) is 27.7 Å². The molecule has 1 saturated heterocycles. The predicted octanol–water partition coefficient (Wildman–Crippen LogP) is -4.32. The fraction of sp³-hybridized carbons (Fsp3) is 0.689. The van der Waals surface area contributed by atoms with Crippen LogP contribution in [0, 0.1) is 11.8 Å². The molecule has 1 aliphatic heterocycles. The summed E-state index contributed by atoms with van der Waals surface area (Å²) in [7, 11) is 0. The van der Waals surface area contributed by atoms with Gasteiger partial charge < -0.3 is 84.1 Å². The second kappa shape index (κ2) is 31.0. The summed E-state index contributed by atoms with van der Waals surface area (Å²) in [5, 5.41) is 65.5. The van der Waals surface area contributed by atoms with Crippen molar-refractivity contribution in [1.82, 2.24) is 52.1 Å². The number of carbonyl (C=O) groups excluding carboxylic acids is 8. The lowest BCUT2D eigenvalue weighted by Crippen LogP contribution is -2.62. The number of carboxylic acids is 3. The lowest BCUT2D eigenvalue weighted by molar-refractivity contribution is -0.145. The second-order valence-corrected chi connectivity index (χ2v) is 18.6. The lowest BCUT2D eigenvalue weighted by Gasteiger charge is -2.32. The van der Waals surface area contributed by atoms with E-state index in [0.717, 1.165) is 4.90 Å². The number of H-pyrrole nitrogens is 1. The van der Waals surface area contributed by atoms with Crippen molar-refractivity contribution >= 4 is 65.2 Å². The van der Waals surface area contributed by atoms with Crippen LogP contribution in [0.5, 0.6) is 0 Å². The second-order valence-electron chi connectivity index (χ2n) is 18.6. The minimum atomic E-state index is -1.75. The Morgan fingerprint density at radius 1 is 0.699 bits per heavy atom. The van der Waals surface area contributed by atoms with Crippen molar-refractivity contribution in [2.24, 2.45) is 23.3 Å². The van der Waals surface area contributed by atoms with Crippen molar-refractivity contribution in [3.8, 4) is 0 Å². The van der Waals surface area contributed by atoms with Gasteiger partial charge in [-0.05, 0) is 76.7 Å². The first-order chi connectivity index (χ1) is 34.3. The first kappa shape index (κ1) is 62.3. The average Bonchev–Trinajstić information content (AvgIpc) is 4.04. The number of hydrogen-bond acceptors (Lipinski definition) is 16. The number of likely N-dealkylation sites (tertiary alicyclic amines) is 1. The highest BCUT2D eigenvalue weighted by Gasteiger charge is 2.42. The summed E-state index contributed by atoms with van der Waals surface area (Å²) < 4.78 is 0. The Labute approximate surface area is 421 Å². The molecule has 28 nitrogen and oxygen atoms in total. The number of nitrogens with two attached hydrogens (primary N) is 2. The molecule has 17 N–H and O–H groups in total. The van der Waals surface area contributed by atoms with Crippen LogP contribution in [-0.4, -0.2) is 186 Å². The maximum atomic E-state index is 14.2. The molecule has 2 rings (SSSR count). The van der Waals surface area contributed by atoms with Gasteiger partial charge in [0.15, 0.2) is 0 Å². The monoisotopic (exact) mass is 1040 g/mol. The minimum absolute atomic E-state index is 0.00246. The van der Waals surface area contributed by atoms with Crippen molar-refractivity contribution in [3.05, 3.63) is 18.2 Å². The molecule has 8 amide bonds. The summed E-state index contributed by atoms with van der Waals surface area (Å²) >= 11 is 0. The highest BCUT2D eigenvalue weighted by molar-refractivity contribution is 5.98. The van der Waals surface area contributed by atoms with E-state index in [1.165, 1.54) is 19.4 Å². The lowest BCUT2D eigenvalue weighted by atomic mass is 10.0. The Kier molecular flexibility index (Phi) is 26.4. The number of nitrogens with one attached hydrogen (secondary N) is 8. The molecule has 1 aromatic rings. The Morgan fingerprint density at radius 3 is 1.68 bits per heavy atom. The number of carboxylic acid groups (broad SMARTS) is 3. The number of aromatic amines is 1. The van der Waals surface area contributed by atoms with Gasteiger partial charge in [-0.15, -0.1) is 0 Å². The first-order valence-electron chi connectivity index (χ1n) is 24.1. The SMILES string of the molecule is CC(C)CC(NC(=O)C(Cc1cnc[nH]1)NC(=O)C(N)C(C)C)C(=O)NC(C(=O)N1CCCC1C(=O)NC(CCC(=O)O)C(=O)NC(CCC(=O)O)C(=O)NC(CCCCN)C(=O)NC(CO)C(=O)O)C(C)O. The maximum absolute atomic E-state index is 14.2. The standard InChI is InChI=1S/C45H74N12O16/c1-22(2)17-29(53-40(67)30(18-25-19-48-21-49-25)54-43(70)35(47)23(3)4)41(68)56-36(24(5)59)44(71)57-16-8-10-32(57)42(69)52-28(12-14-34(62)63)39(66)51-27(11-13-33(60)61)38(65)50-26(9-6-7-15-46)37(64)55-31(20-58)45(72)73/h19,21-24,26-32,35-36,58-59H,6-18,20,46-47H2,1-5H3,(H,48,49)(H,50,65)(H,51,66)(H,52,69)(H,53,67)(H,54,70)(H,55,64)(H,56,68)(H,60,61)(H,62,63)(H,72,73). The van der Waals surface area contributed by atoms with Crippen LogP contribution in [0.4, 0.5) is 0 Å². The van der Waals surface area contributed by atoms with Gasteiger partial charge in [-0.3, -0.25) is 47.9 Å². The number of aromatic nitrogens is 2. The van der Waals surface area contributed by atoms with Crippen LogP contribution in [0.15, 0.2) is 12.5 Å². The highest BCUT2D eigenvalue weighted by Crippen LogP contribution is 2.21. The molecule has 28 heteroatoms. The number of hydrogen-bond donors (Lipinski definition) is 15. The molecule has 0 spiro atoms. The Morgan fingerprint density at radius 2 is 1.21 bits per heavy atom. The Balaban J connectivity index is 2.37. The molecule has 10 atom stereocenters. The van der Waals surface area contributed by atoms with Crippen molar-refractivity contribution in [2.75, 3.05) is 19.7 Å². The summed E-state index contributed by atoms with van der Waals surface area (Å²) in [5.41, 5.74) is 12.1. The van der Waals surface area contributed by atoms with Crippen LogP contribution in [-0.2, 0) is 59.2 Å². The predicted molar refractivity (Wildman–Crippen MR) is 256 cm³/mol. The van der Waals surface area contributed by atoms with Gasteiger partial charge in [-0.25, -0.2) is 9.78 Å². The van der Waals surface area contributed by atoms with Crippen LogP contribution in [0.2, 0.25) is 0 Å². The third-order valence-electron chi connectivity index (χ3n) is 11.8.